The van der Waals surface area contributed by atoms with Gasteiger partial charge in [-0.2, -0.15) is 4.98 Å². The van der Waals surface area contributed by atoms with Crippen LogP contribution in [-0.2, 0) is 6.42 Å². The molecule has 1 aromatic carbocycles. The van der Waals surface area contributed by atoms with Crippen LogP contribution in [0.5, 0.6) is 11.6 Å². The SMILES string of the molecule is Cc1nc(Cl)cc(Oc2ccc(CCO)cc2)n1. The molecule has 0 spiro atoms. The summed E-state index contributed by atoms with van der Waals surface area (Å²) in [4.78, 5) is 8.09. The summed E-state index contributed by atoms with van der Waals surface area (Å²) in [6, 6.07) is 9.03. The minimum Gasteiger partial charge on any atom is -0.439 e. The zero-order chi connectivity index (χ0) is 13.0. The summed E-state index contributed by atoms with van der Waals surface area (Å²) < 4.78 is 5.58. The van der Waals surface area contributed by atoms with Crippen LogP contribution in [0.2, 0.25) is 5.15 Å². The topological polar surface area (TPSA) is 55.2 Å². The summed E-state index contributed by atoms with van der Waals surface area (Å²) in [6.45, 7) is 1.89. The highest BCUT2D eigenvalue weighted by Crippen LogP contribution is 2.22. The van der Waals surface area contributed by atoms with Gasteiger partial charge in [0.25, 0.3) is 0 Å². The predicted octanol–water partition coefficient (Wildman–Crippen LogP) is 2.77. The average molecular weight is 265 g/mol. The Hall–Kier alpha value is -1.65. The van der Waals surface area contributed by atoms with Gasteiger partial charge >= 0.3 is 0 Å². The van der Waals surface area contributed by atoms with E-state index in [1.165, 1.54) is 0 Å². The van der Waals surface area contributed by atoms with Crippen molar-refractivity contribution >= 4 is 11.6 Å². The van der Waals surface area contributed by atoms with Gasteiger partial charge in [-0.05, 0) is 31.0 Å². The first-order valence-corrected chi connectivity index (χ1v) is 5.94. The van der Waals surface area contributed by atoms with Crippen molar-refractivity contribution in [1.82, 2.24) is 9.97 Å². The van der Waals surface area contributed by atoms with Crippen molar-refractivity contribution in [3.8, 4) is 11.6 Å². The van der Waals surface area contributed by atoms with Crippen LogP contribution in [0.1, 0.15) is 11.4 Å². The number of ether oxygens (including phenoxy) is 1. The Bertz CT molecular complexity index is 509. The number of rotatable bonds is 4. The molecule has 0 radical (unpaired) electrons. The van der Waals surface area contributed by atoms with E-state index in [4.69, 9.17) is 21.4 Å². The highest BCUT2D eigenvalue weighted by Gasteiger charge is 2.03. The van der Waals surface area contributed by atoms with Crippen LogP contribution in [0.25, 0.3) is 0 Å². The van der Waals surface area contributed by atoms with E-state index in [0.717, 1.165) is 5.56 Å². The molecule has 5 heteroatoms. The molecular formula is C13H13ClN2O2. The lowest BCUT2D eigenvalue weighted by molar-refractivity contribution is 0.299. The highest BCUT2D eigenvalue weighted by molar-refractivity contribution is 6.29. The highest BCUT2D eigenvalue weighted by atomic mass is 35.5. The summed E-state index contributed by atoms with van der Waals surface area (Å²) >= 11 is 5.82. The molecule has 0 unspecified atom stereocenters. The third-order valence-electron chi connectivity index (χ3n) is 2.33. The molecule has 94 valence electrons. The number of hydrogen-bond acceptors (Lipinski definition) is 4. The van der Waals surface area contributed by atoms with Gasteiger partial charge in [0.1, 0.15) is 16.7 Å². The van der Waals surface area contributed by atoms with Gasteiger partial charge in [-0.25, -0.2) is 4.98 Å². The second-order valence-electron chi connectivity index (χ2n) is 3.80. The van der Waals surface area contributed by atoms with Crippen LogP contribution in [0.3, 0.4) is 0 Å². The first-order chi connectivity index (χ1) is 8.67. The summed E-state index contributed by atoms with van der Waals surface area (Å²) in [5.74, 6) is 1.66. The molecule has 0 atom stereocenters. The van der Waals surface area contributed by atoms with Gasteiger partial charge in [0.05, 0.1) is 0 Å². The van der Waals surface area contributed by atoms with Crippen LogP contribution in [0.4, 0.5) is 0 Å². The molecular weight excluding hydrogens is 252 g/mol. The van der Waals surface area contributed by atoms with E-state index in [-0.39, 0.29) is 6.61 Å². The molecule has 0 fully saturated rings. The summed E-state index contributed by atoms with van der Waals surface area (Å²) in [5.41, 5.74) is 1.06. The molecule has 1 aromatic heterocycles. The van der Waals surface area contributed by atoms with Gasteiger partial charge in [-0.3, -0.25) is 0 Å². The number of aliphatic hydroxyl groups is 1. The van der Waals surface area contributed by atoms with Gasteiger partial charge in [-0.15, -0.1) is 0 Å². The van der Waals surface area contributed by atoms with E-state index < -0.39 is 0 Å². The van der Waals surface area contributed by atoms with Crippen molar-refractivity contribution in [2.75, 3.05) is 6.61 Å². The maximum atomic E-state index is 8.82. The van der Waals surface area contributed by atoms with E-state index in [2.05, 4.69) is 9.97 Å². The lowest BCUT2D eigenvalue weighted by atomic mass is 10.1. The molecule has 18 heavy (non-hydrogen) atoms. The van der Waals surface area contributed by atoms with E-state index in [1.807, 2.05) is 24.3 Å². The molecule has 4 nitrogen and oxygen atoms in total. The Morgan fingerprint density at radius 1 is 1.22 bits per heavy atom. The van der Waals surface area contributed by atoms with Gasteiger partial charge in [0.2, 0.25) is 5.88 Å². The largest absolute Gasteiger partial charge is 0.439 e. The molecule has 0 saturated heterocycles. The van der Waals surface area contributed by atoms with Gasteiger partial charge < -0.3 is 9.84 Å². The Balaban J connectivity index is 2.13. The van der Waals surface area contributed by atoms with Crippen molar-refractivity contribution < 1.29 is 9.84 Å². The minimum atomic E-state index is 0.140. The van der Waals surface area contributed by atoms with Crippen LogP contribution in [0.15, 0.2) is 30.3 Å². The van der Waals surface area contributed by atoms with Crippen molar-refractivity contribution in [3.05, 3.63) is 46.9 Å². The number of aryl methyl sites for hydroxylation is 1. The maximum Gasteiger partial charge on any atom is 0.224 e. The van der Waals surface area contributed by atoms with Crippen LogP contribution < -0.4 is 4.74 Å². The average Bonchev–Trinajstić information content (AvgIpc) is 2.31. The molecule has 0 bridgehead atoms. The van der Waals surface area contributed by atoms with E-state index in [0.29, 0.717) is 29.0 Å². The number of benzene rings is 1. The number of nitrogens with zero attached hydrogens (tertiary/aromatic N) is 2. The lowest BCUT2D eigenvalue weighted by Gasteiger charge is -2.06. The van der Waals surface area contributed by atoms with Crippen LogP contribution in [0, 0.1) is 6.92 Å². The summed E-state index contributed by atoms with van der Waals surface area (Å²) in [6.07, 6.45) is 0.638. The Morgan fingerprint density at radius 2 is 1.94 bits per heavy atom. The van der Waals surface area contributed by atoms with Crippen LogP contribution in [-0.4, -0.2) is 21.7 Å². The number of hydrogen-bond donors (Lipinski definition) is 1. The lowest BCUT2D eigenvalue weighted by Crippen LogP contribution is -1.94. The molecule has 1 heterocycles. The van der Waals surface area contributed by atoms with E-state index >= 15 is 0 Å². The van der Waals surface area contributed by atoms with Crippen molar-refractivity contribution in [3.63, 3.8) is 0 Å². The zero-order valence-corrected chi connectivity index (χ0v) is 10.7. The molecule has 1 N–H and O–H groups in total. The van der Waals surface area contributed by atoms with Crippen molar-refractivity contribution in [2.45, 2.75) is 13.3 Å². The third-order valence-corrected chi connectivity index (χ3v) is 2.52. The number of aromatic nitrogens is 2. The molecule has 0 aliphatic heterocycles. The fourth-order valence-corrected chi connectivity index (χ4v) is 1.75. The Kier molecular flexibility index (Phi) is 4.12. The molecule has 0 amide bonds. The molecule has 0 saturated carbocycles. The maximum absolute atomic E-state index is 8.82. The first-order valence-electron chi connectivity index (χ1n) is 5.56. The molecule has 2 aromatic rings. The minimum absolute atomic E-state index is 0.140. The fraction of sp³-hybridized carbons (Fsp3) is 0.231. The number of aliphatic hydroxyl groups excluding tert-OH is 1. The quantitative estimate of drug-likeness (QED) is 0.863. The molecule has 0 aliphatic carbocycles. The Labute approximate surface area is 110 Å². The number of halogens is 1. The van der Waals surface area contributed by atoms with E-state index in [9.17, 15) is 0 Å². The zero-order valence-electron chi connectivity index (χ0n) is 9.93. The van der Waals surface area contributed by atoms with Crippen LogP contribution >= 0.6 is 11.6 Å². The second kappa shape index (κ2) is 5.80. The summed E-state index contributed by atoms with van der Waals surface area (Å²) in [5, 5.41) is 9.18. The third kappa shape index (κ3) is 3.42. The standard InChI is InChI=1S/C13H13ClN2O2/c1-9-15-12(14)8-13(16-9)18-11-4-2-10(3-5-11)6-7-17/h2-5,8,17H,6-7H2,1H3. The van der Waals surface area contributed by atoms with Crippen molar-refractivity contribution in [2.24, 2.45) is 0 Å². The monoisotopic (exact) mass is 264 g/mol. The normalized spacial score (nSPS) is 10.4. The smallest absolute Gasteiger partial charge is 0.224 e. The predicted molar refractivity (Wildman–Crippen MR) is 69.1 cm³/mol. The fourth-order valence-electron chi connectivity index (χ4n) is 1.53. The van der Waals surface area contributed by atoms with E-state index in [1.54, 1.807) is 13.0 Å². The summed E-state index contributed by atoms with van der Waals surface area (Å²) in [7, 11) is 0. The molecule has 0 aliphatic rings. The van der Waals surface area contributed by atoms with Gasteiger partial charge in [0, 0.05) is 12.7 Å². The Morgan fingerprint density at radius 3 is 2.56 bits per heavy atom. The van der Waals surface area contributed by atoms with Gasteiger partial charge in [-0.1, -0.05) is 23.7 Å². The second-order valence-corrected chi connectivity index (χ2v) is 4.18. The first kappa shape index (κ1) is 12.8. The van der Waals surface area contributed by atoms with Gasteiger partial charge in [0.15, 0.2) is 0 Å². The van der Waals surface area contributed by atoms with Crippen molar-refractivity contribution in [1.29, 1.82) is 0 Å². The molecule has 2 rings (SSSR count).